The third-order valence-corrected chi connectivity index (χ3v) is 5.06. The SMILES string of the molecule is Cn1cc(C(O)CN2CCN(c3ccccn3)CC2)c2ccccc21. The summed E-state index contributed by atoms with van der Waals surface area (Å²) in [5.41, 5.74) is 2.18. The van der Waals surface area contributed by atoms with Crippen LogP contribution in [-0.4, -0.2) is 52.3 Å². The highest BCUT2D eigenvalue weighted by molar-refractivity contribution is 5.84. The molecule has 3 heterocycles. The van der Waals surface area contributed by atoms with Crippen LogP contribution in [0.4, 0.5) is 5.82 Å². The average Bonchev–Trinajstić information content (AvgIpc) is 3.00. The Balaban J connectivity index is 1.41. The van der Waals surface area contributed by atoms with Gasteiger partial charge in [0.15, 0.2) is 0 Å². The minimum atomic E-state index is -0.465. The summed E-state index contributed by atoms with van der Waals surface area (Å²) in [6.07, 6.45) is 3.43. The summed E-state index contributed by atoms with van der Waals surface area (Å²) in [7, 11) is 2.03. The van der Waals surface area contributed by atoms with Crippen LogP contribution < -0.4 is 4.90 Å². The zero-order valence-electron chi connectivity index (χ0n) is 14.5. The number of hydrogen-bond acceptors (Lipinski definition) is 4. The maximum absolute atomic E-state index is 10.8. The van der Waals surface area contributed by atoms with Gasteiger partial charge in [0.25, 0.3) is 0 Å². The normalized spacial score (nSPS) is 17.1. The van der Waals surface area contributed by atoms with Crippen molar-refractivity contribution in [1.82, 2.24) is 14.5 Å². The van der Waals surface area contributed by atoms with Crippen LogP contribution in [0, 0.1) is 0 Å². The Morgan fingerprint density at radius 1 is 1.04 bits per heavy atom. The van der Waals surface area contributed by atoms with E-state index < -0.39 is 6.10 Å². The molecule has 0 aliphatic carbocycles. The molecule has 130 valence electrons. The molecular formula is C20H24N4O. The molecule has 0 spiro atoms. The van der Waals surface area contributed by atoms with Crippen LogP contribution in [0.3, 0.4) is 0 Å². The lowest BCUT2D eigenvalue weighted by atomic mass is 10.1. The average molecular weight is 336 g/mol. The molecule has 1 N–H and O–H groups in total. The molecule has 1 fully saturated rings. The van der Waals surface area contributed by atoms with Gasteiger partial charge in [-0.15, -0.1) is 0 Å². The molecule has 25 heavy (non-hydrogen) atoms. The molecule has 1 aliphatic rings. The number of hydrogen-bond donors (Lipinski definition) is 1. The summed E-state index contributed by atoms with van der Waals surface area (Å²) in [5, 5.41) is 11.9. The number of pyridine rings is 1. The maximum atomic E-state index is 10.8. The summed E-state index contributed by atoms with van der Waals surface area (Å²) in [6.45, 7) is 4.44. The Bertz CT molecular complexity index is 837. The van der Waals surface area contributed by atoms with Gasteiger partial charge in [0, 0.05) is 68.6 Å². The van der Waals surface area contributed by atoms with Crippen molar-refractivity contribution in [3.05, 3.63) is 60.4 Å². The van der Waals surface area contributed by atoms with Gasteiger partial charge in [0.05, 0.1) is 6.10 Å². The molecule has 1 saturated heterocycles. The molecule has 1 aromatic carbocycles. The largest absolute Gasteiger partial charge is 0.387 e. The summed E-state index contributed by atoms with van der Waals surface area (Å²) in [5.74, 6) is 1.04. The summed E-state index contributed by atoms with van der Waals surface area (Å²) in [4.78, 5) is 9.07. The standard InChI is InChI=1S/C20H24N4O/c1-22-14-17(16-6-2-3-7-18(16)22)19(25)15-23-10-12-24(13-11-23)20-8-4-5-9-21-20/h2-9,14,19,25H,10-13,15H2,1H3. The van der Waals surface area contributed by atoms with Crippen LogP contribution in [0.25, 0.3) is 10.9 Å². The van der Waals surface area contributed by atoms with Crippen LogP contribution in [0.1, 0.15) is 11.7 Å². The van der Waals surface area contributed by atoms with Crippen molar-refractivity contribution in [1.29, 1.82) is 0 Å². The Hall–Kier alpha value is -2.37. The number of aromatic nitrogens is 2. The number of benzene rings is 1. The summed E-state index contributed by atoms with van der Waals surface area (Å²) < 4.78 is 2.09. The third-order valence-electron chi connectivity index (χ3n) is 5.06. The second kappa shape index (κ2) is 6.86. The molecule has 5 nitrogen and oxygen atoms in total. The quantitative estimate of drug-likeness (QED) is 0.795. The third kappa shape index (κ3) is 3.25. The number of nitrogens with zero attached hydrogens (tertiary/aromatic N) is 4. The monoisotopic (exact) mass is 336 g/mol. The minimum absolute atomic E-state index is 0.465. The van der Waals surface area contributed by atoms with Gasteiger partial charge >= 0.3 is 0 Å². The Morgan fingerprint density at radius 2 is 1.80 bits per heavy atom. The number of β-amino-alcohol motifs (C(OH)–C–C–N with tert-alkyl or cyclic N) is 1. The van der Waals surface area contributed by atoms with Crippen molar-refractivity contribution < 1.29 is 5.11 Å². The molecule has 1 aliphatic heterocycles. The van der Waals surface area contributed by atoms with Gasteiger partial charge in [0.1, 0.15) is 5.82 Å². The van der Waals surface area contributed by atoms with Crippen LogP contribution >= 0.6 is 0 Å². The summed E-state index contributed by atoms with van der Waals surface area (Å²) >= 11 is 0. The predicted octanol–water partition coefficient (Wildman–Crippen LogP) is 2.43. The van der Waals surface area contributed by atoms with E-state index in [9.17, 15) is 5.11 Å². The van der Waals surface area contributed by atoms with Gasteiger partial charge < -0.3 is 14.6 Å². The fourth-order valence-corrected chi connectivity index (χ4v) is 3.68. The van der Waals surface area contributed by atoms with Crippen LogP contribution in [0.15, 0.2) is 54.9 Å². The van der Waals surface area contributed by atoms with Crippen molar-refractivity contribution in [3.8, 4) is 0 Å². The Kier molecular flexibility index (Phi) is 4.42. The van der Waals surface area contributed by atoms with E-state index in [2.05, 4.69) is 43.7 Å². The van der Waals surface area contributed by atoms with Gasteiger partial charge in [-0.2, -0.15) is 0 Å². The van der Waals surface area contributed by atoms with E-state index in [1.807, 2.05) is 37.5 Å². The highest BCUT2D eigenvalue weighted by Gasteiger charge is 2.22. The lowest BCUT2D eigenvalue weighted by molar-refractivity contribution is 0.110. The lowest BCUT2D eigenvalue weighted by Gasteiger charge is -2.36. The van der Waals surface area contributed by atoms with E-state index >= 15 is 0 Å². The first kappa shape index (κ1) is 16.1. The molecule has 0 saturated carbocycles. The minimum Gasteiger partial charge on any atom is -0.387 e. The van der Waals surface area contributed by atoms with E-state index in [0.29, 0.717) is 6.54 Å². The topological polar surface area (TPSA) is 44.5 Å². The van der Waals surface area contributed by atoms with Gasteiger partial charge in [-0.3, -0.25) is 4.90 Å². The van der Waals surface area contributed by atoms with E-state index in [1.54, 1.807) is 0 Å². The van der Waals surface area contributed by atoms with Gasteiger partial charge in [-0.05, 0) is 18.2 Å². The molecule has 1 atom stereocenters. The van der Waals surface area contributed by atoms with Crippen LogP contribution in [-0.2, 0) is 7.05 Å². The molecule has 0 amide bonds. The van der Waals surface area contributed by atoms with Crippen molar-refractivity contribution in [3.63, 3.8) is 0 Å². The maximum Gasteiger partial charge on any atom is 0.128 e. The van der Waals surface area contributed by atoms with Gasteiger partial charge in [-0.25, -0.2) is 4.98 Å². The van der Waals surface area contributed by atoms with Crippen LogP contribution in [0.5, 0.6) is 0 Å². The number of aliphatic hydroxyl groups excluding tert-OH is 1. The molecular weight excluding hydrogens is 312 g/mol. The van der Waals surface area contributed by atoms with Crippen molar-refractivity contribution >= 4 is 16.7 Å². The van der Waals surface area contributed by atoms with Crippen LogP contribution in [0.2, 0.25) is 0 Å². The number of aliphatic hydroxyl groups is 1. The van der Waals surface area contributed by atoms with E-state index in [0.717, 1.165) is 48.5 Å². The fourth-order valence-electron chi connectivity index (χ4n) is 3.68. The first-order valence-corrected chi connectivity index (χ1v) is 8.83. The molecule has 0 radical (unpaired) electrons. The first-order valence-electron chi connectivity index (χ1n) is 8.83. The zero-order chi connectivity index (χ0) is 17.2. The number of anilines is 1. The Morgan fingerprint density at radius 3 is 2.56 bits per heavy atom. The zero-order valence-corrected chi connectivity index (χ0v) is 14.5. The second-order valence-corrected chi connectivity index (χ2v) is 6.70. The number of fused-ring (bicyclic) bond motifs is 1. The molecule has 1 unspecified atom stereocenters. The van der Waals surface area contributed by atoms with E-state index in [1.165, 1.54) is 0 Å². The predicted molar refractivity (Wildman–Crippen MR) is 101 cm³/mol. The van der Waals surface area contributed by atoms with Crippen molar-refractivity contribution in [2.75, 3.05) is 37.6 Å². The van der Waals surface area contributed by atoms with Crippen molar-refractivity contribution in [2.45, 2.75) is 6.10 Å². The first-order chi connectivity index (χ1) is 12.2. The molecule has 5 heteroatoms. The smallest absolute Gasteiger partial charge is 0.128 e. The number of aryl methyl sites for hydroxylation is 1. The Labute approximate surface area is 148 Å². The fraction of sp³-hybridized carbons (Fsp3) is 0.350. The molecule has 2 aromatic heterocycles. The van der Waals surface area contributed by atoms with Gasteiger partial charge in [0.2, 0.25) is 0 Å². The number of rotatable bonds is 4. The number of para-hydroxylation sites is 1. The van der Waals surface area contributed by atoms with Crippen molar-refractivity contribution in [2.24, 2.45) is 7.05 Å². The lowest BCUT2D eigenvalue weighted by Crippen LogP contribution is -2.47. The molecule has 4 rings (SSSR count). The molecule has 0 bridgehead atoms. The molecule has 3 aromatic rings. The number of piperazine rings is 1. The highest BCUT2D eigenvalue weighted by atomic mass is 16.3. The van der Waals surface area contributed by atoms with E-state index in [4.69, 9.17) is 0 Å². The van der Waals surface area contributed by atoms with E-state index in [-0.39, 0.29) is 0 Å². The highest BCUT2D eigenvalue weighted by Crippen LogP contribution is 2.27. The van der Waals surface area contributed by atoms with Gasteiger partial charge in [-0.1, -0.05) is 24.3 Å². The summed E-state index contributed by atoms with van der Waals surface area (Å²) in [6, 6.07) is 14.3. The second-order valence-electron chi connectivity index (χ2n) is 6.70.